The van der Waals surface area contributed by atoms with Gasteiger partial charge in [-0.25, -0.2) is 17.5 Å². The Kier molecular flexibility index (Phi) is 5.00. The number of nitrogens with two attached hydrogens (primary N) is 1. The Labute approximate surface area is 131 Å². The molecule has 0 saturated heterocycles. The summed E-state index contributed by atoms with van der Waals surface area (Å²) in [5, 5.41) is 0. The summed E-state index contributed by atoms with van der Waals surface area (Å²) < 4.78 is 40.6. The number of nitrogens with one attached hydrogen (secondary N) is 1. The van der Waals surface area contributed by atoms with Gasteiger partial charge in [0.05, 0.1) is 9.37 Å². The zero-order chi connectivity index (χ0) is 15.6. The second-order valence-corrected chi connectivity index (χ2v) is 7.72. The Hall–Kier alpha value is -0.990. The number of benzene rings is 1. The summed E-state index contributed by atoms with van der Waals surface area (Å²) in [7, 11) is -3.76. The molecule has 116 valence electrons. The highest BCUT2D eigenvalue weighted by atomic mass is 79.9. The van der Waals surface area contributed by atoms with Crippen LogP contribution in [0.1, 0.15) is 25.7 Å². The first-order chi connectivity index (χ1) is 9.79. The molecule has 0 atom stereocenters. The summed E-state index contributed by atoms with van der Waals surface area (Å²) in [6.45, 7) is 0. The number of amides is 1. The fourth-order valence-corrected chi connectivity index (χ4v) is 3.99. The first-order valence-electron chi connectivity index (χ1n) is 6.56. The van der Waals surface area contributed by atoms with E-state index in [1.54, 1.807) is 0 Å². The molecule has 1 aliphatic rings. The molecule has 1 saturated carbocycles. The number of carbonyl (C=O) groups excluding carboxylic acids is 1. The van der Waals surface area contributed by atoms with Crippen molar-refractivity contribution in [2.45, 2.75) is 36.6 Å². The molecule has 1 amide bonds. The molecule has 0 aromatic heterocycles. The lowest BCUT2D eigenvalue weighted by Gasteiger charge is -2.27. The van der Waals surface area contributed by atoms with Crippen molar-refractivity contribution in [1.29, 1.82) is 0 Å². The molecule has 1 aromatic carbocycles. The summed E-state index contributed by atoms with van der Waals surface area (Å²) in [6, 6.07) is 3.41. The number of sulfonamides is 1. The van der Waals surface area contributed by atoms with E-state index in [1.807, 2.05) is 0 Å². The molecule has 1 fully saturated rings. The van der Waals surface area contributed by atoms with E-state index in [9.17, 15) is 17.6 Å². The molecular formula is C13H16BrFN2O3S. The van der Waals surface area contributed by atoms with Gasteiger partial charge in [0.25, 0.3) is 0 Å². The largest absolute Gasteiger partial charge is 0.369 e. The minimum absolute atomic E-state index is 0.111. The first kappa shape index (κ1) is 16.4. The normalized spacial score (nSPS) is 23.0. The van der Waals surface area contributed by atoms with Crippen LogP contribution in [0, 0.1) is 11.7 Å². The molecular weight excluding hydrogens is 363 g/mol. The van der Waals surface area contributed by atoms with Gasteiger partial charge in [0.1, 0.15) is 5.82 Å². The highest BCUT2D eigenvalue weighted by Crippen LogP contribution is 2.26. The van der Waals surface area contributed by atoms with E-state index in [0.717, 1.165) is 6.07 Å². The van der Waals surface area contributed by atoms with Crippen molar-refractivity contribution in [2.24, 2.45) is 11.7 Å². The highest BCUT2D eigenvalue weighted by molar-refractivity contribution is 9.10. The van der Waals surface area contributed by atoms with Gasteiger partial charge in [-0.15, -0.1) is 0 Å². The van der Waals surface area contributed by atoms with Gasteiger partial charge in [-0.2, -0.15) is 0 Å². The fraction of sp³-hybridized carbons (Fsp3) is 0.462. The van der Waals surface area contributed by atoms with Gasteiger partial charge in [0.2, 0.25) is 15.9 Å². The average Bonchev–Trinajstić information content (AvgIpc) is 2.42. The van der Waals surface area contributed by atoms with Crippen molar-refractivity contribution in [1.82, 2.24) is 4.72 Å². The van der Waals surface area contributed by atoms with Crippen LogP contribution in [0.25, 0.3) is 0 Å². The average molecular weight is 379 g/mol. The Morgan fingerprint density at radius 3 is 2.43 bits per heavy atom. The second kappa shape index (κ2) is 6.41. The van der Waals surface area contributed by atoms with Gasteiger partial charge in [-0.05, 0) is 59.8 Å². The molecule has 21 heavy (non-hydrogen) atoms. The lowest BCUT2D eigenvalue weighted by Crippen LogP contribution is -2.39. The quantitative estimate of drug-likeness (QED) is 0.838. The number of hydrogen-bond acceptors (Lipinski definition) is 3. The monoisotopic (exact) mass is 378 g/mol. The third kappa shape index (κ3) is 4.02. The minimum atomic E-state index is -3.76. The Morgan fingerprint density at radius 1 is 1.29 bits per heavy atom. The standard InChI is InChI=1S/C13H16BrFN2O3S/c14-11-6-5-10(7-12(11)15)21(19,20)17-9-3-1-8(2-4-9)13(16)18/h5-9,17H,1-4H2,(H2,16,18). The zero-order valence-electron chi connectivity index (χ0n) is 11.2. The SMILES string of the molecule is NC(=O)C1CCC(NS(=O)(=O)c2ccc(Br)c(F)c2)CC1. The Bertz CT molecular complexity index is 643. The fourth-order valence-electron chi connectivity index (χ4n) is 2.43. The molecule has 3 N–H and O–H groups in total. The highest BCUT2D eigenvalue weighted by Gasteiger charge is 2.28. The van der Waals surface area contributed by atoms with Crippen LogP contribution in [-0.2, 0) is 14.8 Å². The molecule has 0 heterocycles. The molecule has 0 radical (unpaired) electrons. The van der Waals surface area contributed by atoms with Crippen molar-refractivity contribution in [3.63, 3.8) is 0 Å². The number of primary amides is 1. The van der Waals surface area contributed by atoms with E-state index in [2.05, 4.69) is 20.7 Å². The van der Waals surface area contributed by atoms with E-state index in [-0.39, 0.29) is 27.2 Å². The third-order valence-corrected chi connectivity index (χ3v) is 5.81. The van der Waals surface area contributed by atoms with Crippen molar-refractivity contribution in [3.8, 4) is 0 Å². The molecule has 0 unspecified atom stereocenters. The van der Waals surface area contributed by atoms with Crippen LogP contribution >= 0.6 is 15.9 Å². The number of rotatable bonds is 4. The van der Waals surface area contributed by atoms with Crippen LogP contribution in [0.5, 0.6) is 0 Å². The van der Waals surface area contributed by atoms with Gasteiger partial charge in [0.15, 0.2) is 0 Å². The van der Waals surface area contributed by atoms with E-state index in [1.165, 1.54) is 12.1 Å². The molecule has 0 aliphatic heterocycles. The minimum Gasteiger partial charge on any atom is -0.369 e. The maximum Gasteiger partial charge on any atom is 0.240 e. The molecule has 0 spiro atoms. The maximum atomic E-state index is 13.4. The molecule has 1 aromatic rings. The second-order valence-electron chi connectivity index (χ2n) is 5.15. The Balaban J connectivity index is 2.05. The van der Waals surface area contributed by atoms with Gasteiger partial charge >= 0.3 is 0 Å². The van der Waals surface area contributed by atoms with Crippen molar-refractivity contribution < 1.29 is 17.6 Å². The summed E-state index contributed by atoms with van der Waals surface area (Å²) in [6.07, 6.45) is 2.23. The molecule has 2 rings (SSSR count). The van der Waals surface area contributed by atoms with Crippen LogP contribution in [0.4, 0.5) is 4.39 Å². The van der Waals surface area contributed by atoms with Crippen molar-refractivity contribution in [3.05, 3.63) is 28.5 Å². The van der Waals surface area contributed by atoms with E-state index >= 15 is 0 Å². The predicted molar refractivity (Wildman–Crippen MR) is 79.4 cm³/mol. The molecule has 5 nitrogen and oxygen atoms in total. The summed E-state index contributed by atoms with van der Waals surface area (Å²) in [5.74, 6) is -1.16. The van der Waals surface area contributed by atoms with E-state index in [0.29, 0.717) is 25.7 Å². The molecule has 1 aliphatic carbocycles. The van der Waals surface area contributed by atoms with Gasteiger partial charge in [0, 0.05) is 12.0 Å². The number of carbonyl (C=O) groups is 1. The lowest BCUT2D eigenvalue weighted by atomic mass is 9.86. The van der Waals surface area contributed by atoms with E-state index in [4.69, 9.17) is 5.73 Å². The lowest BCUT2D eigenvalue weighted by molar-refractivity contribution is -0.122. The summed E-state index contributed by atoms with van der Waals surface area (Å²) in [5.41, 5.74) is 5.24. The number of hydrogen-bond donors (Lipinski definition) is 2. The van der Waals surface area contributed by atoms with Gasteiger partial charge < -0.3 is 5.73 Å². The van der Waals surface area contributed by atoms with Gasteiger partial charge in [-0.1, -0.05) is 0 Å². The zero-order valence-corrected chi connectivity index (χ0v) is 13.6. The summed E-state index contributed by atoms with van der Waals surface area (Å²) in [4.78, 5) is 11.0. The van der Waals surface area contributed by atoms with Crippen molar-refractivity contribution in [2.75, 3.05) is 0 Å². The predicted octanol–water partition coefficient (Wildman–Crippen LogP) is 1.91. The number of halogens is 2. The molecule has 0 bridgehead atoms. The third-order valence-electron chi connectivity index (χ3n) is 3.65. The van der Waals surface area contributed by atoms with Crippen LogP contribution in [-0.4, -0.2) is 20.4 Å². The Morgan fingerprint density at radius 2 is 1.90 bits per heavy atom. The van der Waals surface area contributed by atoms with Crippen LogP contribution in [0.2, 0.25) is 0 Å². The van der Waals surface area contributed by atoms with E-state index < -0.39 is 15.8 Å². The van der Waals surface area contributed by atoms with Crippen LogP contribution in [0.15, 0.2) is 27.6 Å². The van der Waals surface area contributed by atoms with Crippen molar-refractivity contribution >= 4 is 31.9 Å². The topological polar surface area (TPSA) is 89.3 Å². The first-order valence-corrected chi connectivity index (χ1v) is 8.84. The van der Waals surface area contributed by atoms with Gasteiger partial charge in [-0.3, -0.25) is 4.79 Å². The van der Waals surface area contributed by atoms with Crippen LogP contribution in [0.3, 0.4) is 0 Å². The summed E-state index contributed by atoms with van der Waals surface area (Å²) >= 11 is 2.98. The maximum absolute atomic E-state index is 13.4. The smallest absolute Gasteiger partial charge is 0.240 e. The molecule has 8 heteroatoms. The van der Waals surface area contributed by atoms with Crippen LogP contribution < -0.4 is 10.5 Å².